The van der Waals surface area contributed by atoms with Crippen LogP contribution in [0.25, 0.3) is 5.76 Å². The molecule has 1 aliphatic rings. The molecule has 3 rings (SSSR count). The zero-order valence-electron chi connectivity index (χ0n) is 11.6. The van der Waals surface area contributed by atoms with Crippen LogP contribution >= 0.6 is 0 Å². The number of ether oxygens (including phenoxy) is 2. The number of anilines is 2. The van der Waals surface area contributed by atoms with Crippen LogP contribution in [0.4, 0.5) is 11.4 Å². The molecule has 1 aliphatic heterocycles. The highest BCUT2D eigenvalue weighted by Gasteiger charge is 2.18. The molecule has 0 spiro atoms. The lowest BCUT2D eigenvalue weighted by Gasteiger charge is -2.21. The lowest BCUT2D eigenvalue weighted by Crippen LogP contribution is -2.11. The lowest BCUT2D eigenvalue weighted by molar-refractivity contribution is 0.373. The Morgan fingerprint density at radius 1 is 1.19 bits per heavy atom. The first-order valence-electron chi connectivity index (χ1n) is 6.56. The number of methoxy groups -OCH3 is 1. The van der Waals surface area contributed by atoms with Gasteiger partial charge in [-0.15, -0.1) is 0 Å². The van der Waals surface area contributed by atoms with Crippen LogP contribution in [0, 0.1) is 0 Å². The van der Waals surface area contributed by atoms with E-state index >= 15 is 0 Å². The van der Waals surface area contributed by atoms with Crippen molar-refractivity contribution in [2.75, 3.05) is 24.7 Å². The zero-order chi connectivity index (χ0) is 14.8. The maximum atomic E-state index is 9.93. The molecule has 0 amide bonds. The Labute approximate surface area is 122 Å². The smallest absolute Gasteiger partial charge is 0.162 e. The fourth-order valence-electron chi connectivity index (χ4n) is 2.21. The summed E-state index contributed by atoms with van der Waals surface area (Å²) in [4.78, 5) is 0. The number of rotatable bonds is 3. The molecule has 108 valence electrons. The molecule has 1 heterocycles. The van der Waals surface area contributed by atoms with Crippen molar-refractivity contribution in [2.45, 2.75) is 0 Å². The van der Waals surface area contributed by atoms with E-state index in [1.165, 1.54) is 7.11 Å². The Balaban J connectivity index is 1.93. The topological polar surface area (TPSA) is 76.7 Å². The highest BCUT2D eigenvalue weighted by atomic mass is 16.5. The van der Waals surface area contributed by atoms with Crippen LogP contribution in [-0.2, 0) is 0 Å². The number of aromatic hydroxyl groups is 1. The summed E-state index contributed by atoms with van der Waals surface area (Å²) < 4.78 is 11.0. The van der Waals surface area contributed by atoms with Gasteiger partial charge in [0.2, 0.25) is 0 Å². The van der Waals surface area contributed by atoms with Crippen LogP contribution in [0.15, 0.2) is 42.5 Å². The minimum atomic E-state index is 0.0757. The van der Waals surface area contributed by atoms with Crippen molar-refractivity contribution in [2.24, 2.45) is 0 Å². The molecule has 5 nitrogen and oxygen atoms in total. The number of phenols is 1. The van der Waals surface area contributed by atoms with Gasteiger partial charge in [-0.25, -0.2) is 0 Å². The largest absolute Gasteiger partial charge is 0.504 e. The lowest BCUT2D eigenvalue weighted by atomic mass is 10.1. The molecule has 2 aromatic rings. The van der Waals surface area contributed by atoms with Crippen molar-refractivity contribution in [3.63, 3.8) is 0 Å². The van der Waals surface area contributed by atoms with E-state index in [9.17, 15) is 5.11 Å². The molecule has 4 N–H and O–H groups in total. The molecular formula is C16H16N2O3. The van der Waals surface area contributed by atoms with E-state index in [4.69, 9.17) is 15.2 Å². The first-order chi connectivity index (χ1) is 10.2. The fourth-order valence-corrected chi connectivity index (χ4v) is 2.21. The molecule has 0 unspecified atom stereocenters. The minimum absolute atomic E-state index is 0.0757. The maximum absolute atomic E-state index is 9.93. The van der Waals surface area contributed by atoms with E-state index in [2.05, 4.69) is 5.32 Å². The van der Waals surface area contributed by atoms with Gasteiger partial charge in [0.15, 0.2) is 11.5 Å². The summed E-state index contributed by atoms with van der Waals surface area (Å²) in [7, 11) is 1.52. The summed E-state index contributed by atoms with van der Waals surface area (Å²) in [5, 5.41) is 13.2. The Morgan fingerprint density at radius 3 is 2.67 bits per heavy atom. The Morgan fingerprint density at radius 2 is 1.95 bits per heavy atom. The molecule has 0 radical (unpaired) electrons. The summed E-state index contributed by atoms with van der Waals surface area (Å²) in [6, 6.07) is 10.6. The van der Waals surface area contributed by atoms with Crippen molar-refractivity contribution < 1.29 is 14.6 Å². The monoisotopic (exact) mass is 284 g/mol. The Bertz CT molecular complexity index is 693. The van der Waals surface area contributed by atoms with Gasteiger partial charge in [0.05, 0.1) is 7.11 Å². The highest BCUT2D eigenvalue weighted by molar-refractivity contribution is 5.79. The predicted octanol–water partition coefficient (Wildman–Crippen LogP) is 2.83. The average Bonchev–Trinajstić information content (AvgIpc) is 2.49. The first kappa shape index (κ1) is 13.2. The van der Waals surface area contributed by atoms with Gasteiger partial charge in [-0.1, -0.05) is 0 Å². The second kappa shape index (κ2) is 5.28. The van der Waals surface area contributed by atoms with Crippen molar-refractivity contribution in [1.82, 2.24) is 0 Å². The molecule has 0 atom stereocenters. The number of hydrogen-bond donors (Lipinski definition) is 3. The van der Waals surface area contributed by atoms with Crippen LogP contribution in [0.1, 0.15) is 5.56 Å². The van der Waals surface area contributed by atoms with E-state index in [-0.39, 0.29) is 5.75 Å². The van der Waals surface area contributed by atoms with Crippen LogP contribution in [0.3, 0.4) is 0 Å². The number of nitrogens with two attached hydrogens (primary N) is 1. The summed E-state index contributed by atoms with van der Waals surface area (Å²) >= 11 is 0. The molecule has 0 saturated heterocycles. The Kier molecular flexibility index (Phi) is 3.31. The standard InChI is InChI=1S/C16H16N2O3/c1-20-16-9-13-12(8-14(16)19)15(6-7-18-13)21-11-4-2-10(17)3-5-11/h2-6,8-9,18-19H,7,17H2,1H3. The molecule has 0 fully saturated rings. The molecule has 0 aromatic heterocycles. The fraction of sp³-hybridized carbons (Fsp3) is 0.125. The number of fused-ring (bicyclic) bond motifs is 1. The number of hydrogen-bond acceptors (Lipinski definition) is 5. The van der Waals surface area contributed by atoms with E-state index < -0.39 is 0 Å². The third-order valence-electron chi connectivity index (χ3n) is 3.27. The summed E-state index contributed by atoms with van der Waals surface area (Å²) in [5.74, 6) is 1.88. The number of benzene rings is 2. The molecule has 0 saturated carbocycles. The van der Waals surface area contributed by atoms with Gasteiger partial charge in [-0.3, -0.25) is 0 Å². The molecular weight excluding hydrogens is 268 g/mol. The molecule has 2 aromatic carbocycles. The first-order valence-corrected chi connectivity index (χ1v) is 6.56. The van der Waals surface area contributed by atoms with Gasteiger partial charge in [0.25, 0.3) is 0 Å². The maximum Gasteiger partial charge on any atom is 0.162 e. The number of nitrogens with one attached hydrogen (secondary N) is 1. The highest BCUT2D eigenvalue weighted by Crippen LogP contribution is 2.38. The van der Waals surface area contributed by atoms with Crippen LogP contribution in [0.5, 0.6) is 17.2 Å². The second-order valence-electron chi connectivity index (χ2n) is 4.69. The van der Waals surface area contributed by atoms with E-state index in [0.29, 0.717) is 29.5 Å². The van der Waals surface area contributed by atoms with E-state index in [0.717, 1.165) is 11.3 Å². The van der Waals surface area contributed by atoms with Gasteiger partial charge in [-0.2, -0.15) is 0 Å². The average molecular weight is 284 g/mol. The molecule has 21 heavy (non-hydrogen) atoms. The molecule has 5 heteroatoms. The second-order valence-corrected chi connectivity index (χ2v) is 4.69. The Hall–Kier alpha value is -2.82. The minimum Gasteiger partial charge on any atom is -0.504 e. The number of nitrogen functional groups attached to an aromatic ring is 1. The van der Waals surface area contributed by atoms with Crippen LogP contribution < -0.4 is 20.5 Å². The normalized spacial score (nSPS) is 12.9. The zero-order valence-corrected chi connectivity index (χ0v) is 11.6. The SMILES string of the molecule is COc1cc2c(cc1O)C(Oc1ccc(N)cc1)=CCN2. The van der Waals surface area contributed by atoms with Gasteiger partial charge in [0, 0.05) is 29.5 Å². The van der Waals surface area contributed by atoms with Crippen molar-refractivity contribution in [3.05, 3.63) is 48.0 Å². The van der Waals surface area contributed by atoms with Crippen molar-refractivity contribution in [3.8, 4) is 17.2 Å². The number of phenolic OH excluding ortho intramolecular Hbond substituents is 1. The third kappa shape index (κ3) is 2.58. The van der Waals surface area contributed by atoms with Gasteiger partial charge < -0.3 is 25.6 Å². The predicted molar refractivity (Wildman–Crippen MR) is 82.6 cm³/mol. The third-order valence-corrected chi connectivity index (χ3v) is 3.27. The summed E-state index contributed by atoms with van der Waals surface area (Å²) in [6.45, 7) is 0.644. The van der Waals surface area contributed by atoms with Crippen LogP contribution in [-0.4, -0.2) is 18.8 Å². The summed E-state index contributed by atoms with van der Waals surface area (Å²) in [5.41, 5.74) is 7.99. The van der Waals surface area contributed by atoms with Crippen molar-refractivity contribution in [1.29, 1.82) is 0 Å². The van der Waals surface area contributed by atoms with Gasteiger partial charge >= 0.3 is 0 Å². The van der Waals surface area contributed by atoms with Gasteiger partial charge in [-0.05, 0) is 36.4 Å². The van der Waals surface area contributed by atoms with Crippen molar-refractivity contribution >= 4 is 17.1 Å². The molecule has 0 aliphatic carbocycles. The quantitative estimate of drug-likeness (QED) is 0.597. The van der Waals surface area contributed by atoms with E-state index in [1.807, 2.05) is 6.08 Å². The summed E-state index contributed by atoms with van der Waals surface area (Å²) in [6.07, 6.45) is 1.92. The van der Waals surface area contributed by atoms with E-state index in [1.54, 1.807) is 36.4 Å². The van der Waals surface area contributed by atoms with Gasteiger partial charge in [0.1, 0.15) is 11.5 Å². The van der Waals surface area contributed by atoms with Crippen LogP contribution in [0.2, 0.25) is 0 Å². The molecule has 0 bridgehead atoms.